The SMILES string of the molecule is C[C@@H]1CC[C@@H](COc2cc(F)c(C(=O)OC(C)(C)C)cc2C2CC2)CN1[C@@H](C)c1cc(Cl)cc(Cl)c1. The Balaban J connectivity index is 1.46. The van der Waals surface area contributed by atoms with E-state index in [1.165, 1.54) is 6.07 Å². The number of hydrogen-bond donors (Lipinski definition) is 0. The third-order valence-electron chi connectivity index (χ3n) is 7.10. The molecule has 2 fully saturated rings. The summed E-state index contributed by atoms with van der Waals surface area (Å²) >= 11 is 12.5. The molecular formula is C29H36Cl2FNO3. The molecule has 0 amide bonds. The van der Waals surface area contributed by atoms with E-state index >= 15 is 0 Å². The highest BCUT2D eigenvalue weighted by Crippen LogP contribution is 2.45. The predicted molar refractivity (Wildman–Crippen MR) is 143 cm³/mol. The fourth-order valence-corrected chi connectivity index (χ4v) is 5.55. The number of hydrogen-bond acceptors (Lipinski definition) is 4. The zero-order valence-corrected chi connectivity index (χ0v) is 23.3. The fraction of sp³-hybridized carbons (Fsp3) is 0.552. The van der Waals surface area contributed by atoms with Crippen molar-refractivity contribution in [1.82, 2.24) is 4.90 Å². The minimum absolute atomic E-state index is 0.0224. The average molecular weight is 537 g/mol. The van der Waals surface area contributed by atoms with Gasteiger partial charge in [-0.05, 0) is 102 Å². The number of esters is 1. The second-order valence-corrected chi connectivity index (χ2v) is 12.2. The lowest BCUT2D eigenvalue weighted by atomic mass is 9.91. The van der Waals surface area contributed by atoms with Crippen LogP contribution in [0.1, 0.15) is 93.7 Å². The average Bonchev–Trinajstić information content (AvgIpc) is 3.61. The molecule has 0 radical (unpaired) electrons. The molecule has 1 saturated carbocycles. The van der Waals surface area contributed by atoms with Gasteiger partial charge in [-0.25, -0.2) is 9.18 Å². The molecule has 0 unspecified atom stereocenters. The van der Waals surface area contributed by atoms with Gasteiger partial charge in [-0.2, -0.15) is 0 Å². The molecule has 196 valence electrons. The van der Waals surface area contributed by atoms with Gasteiger partial charge in [-0.3, -0.25) is 4.90 Å². The molecule has 2 aromatic rings. The molecule has 7 heteroatoms. The number of nitrogens with zero attached hydrogens (tertiary/aromatic N) is 1. The molecule has 36 heavy (non-hydrogen) atoms. The first-order chi connectivity index (χ1) is 16.9. The van der Waals surface area contributed by atoms with Crippen LogP contribution in [-0.2, 0) is 4.74 Å². The van der Waals surface area contributed by atoms with Gasteiger partial charge in [0.15, 0.2) is 0 Å². The summed E-state index contributed by atoms with van der Waals surface area (Å²) < 4.78 is 26.6. The van der Waals surface area contributed by atoms with Crippen molar-refractivity contribution in [2.24, 2.45) is 5.92 Å². The Morgan fingerprint density at radius 1 is 1.08 bits per heavy atom. The van der Waals surface area contributed by atoms with E-state index in [0.29, 0.717) is 40.3 Å². The third-order valence-corrected chi connectivity index (χ3v) is 7.54. The molecule has 1 aliphatic heterocycles. The van der Waals surface area contributed by atoms with E-state index in [1.807, 2.05) is 12.1 Å². The molecule has 1 heterocycles. The Morgan fingerprint density at radius 3 is 2.36 bits per heavy atom. The van der Waals surface area contributed by atoms with Crippen molar-refractivity contribution in [1.29, 1.82) is 0 Å². The van der Waals surface area contributed by atoms with Crippen molar-refractivity contribution in [3.05, 3.63) is 62.9 Å². The van der Waals surface area contributed by atoms with Gasteiger partial charge in [0.05, 0.1) is 12.2 Å². The van der Waals surface area contributed by atoms with Crippen LogP contribution >= 0.6 is 23.2 Å². The maximum Gasteiger partial charge on any atom is 0.341 e. The lowest BCUT2D eigenvalue weighted by molar-refractivity contribution is 0.00645. The molecule has 0 spiro atoms. The van der Waals surface area contributed by atoms with Crippen molar-refractivity contribution in [2.75, 3.05) is 13.2 Å². The molecule has 3 atom stereocenters. The van der Waals surface area contributed by atoms with Gasteiger partial charge in [0.2, 0.25) is 0 Å². The van der Waals surface area contributed by atoms with Crippen LogP contribution in [0.5, 0.6) is 5.75 Å². The molecule has 4 nitrogen and oxygen atoms in total. The Kier molecular flexibility index (Phi) is 8.23. The van der Waals surface area contributed by atoms with Crippen LogP contribution in [0.15, 0.2) is 30.3 Å². The highest BCUT2D eigenvalue weighted by Gasteiger charge is 2.33. The maximum absolute atomic E-state index is 15.0. The lowest BCUT2D eigenvalue weighted by Gasteiger charge is -2.42. The zero-order chi connectivity index (χ0) is 26.2. The summed E-state index contributed by atoms with van der Waals surface area (Å²) in [4.78, 5) is 15.0. The molecule has 1 aliphatic carbocycles. The molecule has 1 saturated heterocycles. The lowest BCUT2D eigenvalue weighted by Crippen LogP contribution is -2.44. The number of rotatable bonds is 7. The third kappa shape index (κ3) is 6.73. The van der Waals surface area contributed by atoms with E-state index in [-0.39, 0.29) is 11.6 Å². The number of ether oxygens (including phenoxy) is 2. The maximum atomic E-state index is 15.0. The second kappa shape index (κ2) is 10.9. The van der Waals surface area contributed by atoms with Gasteiger partial charge in [0, 0.05) is 40.7 Å². The van der Waals surface area contributed by atoms with Crippen LogP contribution < -0.4 is 4.74 Å². The largest absolute Gasteiger partial charge is 0.493 e. The number of likely N-dealkylation sites (tertiary alicyclic amines) is 1. The number of piperidine rings is 1. The molecular weight excluding hydrogens is 500 g/mol. The number of carbonyl (C=O) groups is 1. The van der Waals surface area contributed by atoms with Crippen LogP contribution in [0.4, 0.5) is 4.39 Å². The minimum Gasteiger partial charge on any atom is -0.493 e. The fourth-order valence-electron chi connectivity index (χ4n) is 5.00. The summed E-state index contributed by atoms with van der Waals surface area (Å²) in [6.07, 6.45) is 4.13. The topological polar surface area (TPSA) is 38.8 Å². The van der Waals surface area contributed by atoms with Gasteiger partial charge >= 0.3 is 5.97 Å². The van der Waals surface area contributed by atoms with Gasteiger partial charge < -0.3 is 9.47 Å². The summed E-state index contributed by atoms with van der Waals surface area (Å²) in [5, 5.41) is 1.27. The molecule has 2 aromatic carbocycles. The van der Waals surface area contributed by atoms with Crippen LogP contribution in [-0.4, -0.2) is 35.7 Å². The highest BCUT2D eigenvalue weighted by atomic mass is 35.5. The second-order valence-electron chi connectivity index (χ2n) is 11.3. The smallest absolute Gasteiger partial charge is 0.341 e. The normalized spacial score (nSPS) is 21.8. The quantitative estimate of drug-likeness (QED) is 0.335. The summed E-state index contributed by atoms with van der Waals surface area (Å²) in [6, 6.07) is 9.28. The first-order valence-corrected chi connectivity index (χ1v) is 13.6. The van der Waals surface area contributed by atoms with Gasteiger partial charge in [0.25, 0.3) is 0 Å². The van der Waals surface area contributed by atoms with E-state index in [1.54, 1.807) is 32.9 Å². The van der Waals surface area contributed by atoms with Gasteiger partial charge in [-0.1, -0.05) is 23.2 Å². The molecule has 2 aliphatic rings. The van der Waals surface area contributed by atoms with Crippen LogP contribution in [0, 0.1) is 11.7 Å². The molecule has 0 N–H and O–H groups in total. The summed E-state index contributed by atoms with van der Waals surface area (Å²) in [5.74, 6) is -0.0900. The van der Waals surface area contributed by atoms with Crippen molar-refractivity contribution in [2.45, 2.75) is 83.9 Å². The summed E-state index contributed by atoms with van der Waals surface area (Å²) in [7, 11) is 0. The first kappa shape index (κ1) is 27.2. The molecule has 0 bridgehead atoms. The Hall–Kier alpha value is -1.82. The van der Waals surface area contributed by atoms with E-state index < -0.39 is 17.4 Å². The Labute approximate surface area is 224 Å². The van der Waals surface area contributed by atoms with Crippen LogP contribution in [0.2, 0.25) is 10.0 Å². The van der Waals surface area contributed by atoms with Crippen molar-refractivity contribution in [3.63, 3.8) is 0 Å². The summed E-state index contributed by atoms with van der Waals surface area (Å²) in [5.41, 5.74) is 1.29. The number of carbonyl (C=O) groups excluding carboxylic acids is 1. The van der Waals surface area contributed by atoms with E-state index in [4.69, 9.17) is 32.7 Å². The molecule has 0 aromatic heterocycles. The Bertz CT molecular complexity index is 1090. The van der Waals surface area contributed by atoms with Crippen molar-refractivity contribution >= 4 is 29.2 Å². The van der Waals surface area contributed by atoms with Gasteiger partial charge in [0.1, 0.15) is 17.2 Å². The number of halogens is 3. The minimum atomic E-state index is -0.685. The zero-order valence-electron chi connectivity index (χ0n) is 21.7. The van der Waals surface area contributed by atoms with Gasteiger partial charge in [-0.15, -0.1) is 0 Å². The summed E-state index contributed by atoms with van der Waals surface area (Å²) in [6.45, 7) is 11.1. The highest BCUT2D eigenvalue weighted by molar-refractivity contribution is 6.34. The van der Waals surface area contributed by atoms with Crippen molar-refractivity contribution < 1.29 is 18.7 Å². The van der Waals surface area contributed by atoms with Crippen molar-refractivity contribution in [3.8, 4) is 5.75 Å². The predicted octanol–water partition coefficient (Wildman–Crippen LogP) is 8.21. The van der Waals surface area contributed by atoms with E-state index in [9.17, 15) is 9.18 Å². The Morgan fingerprint density at radius 2 is 1.75 bits per heavy atom. The van der Waals surface area contributed by atoms with E-state index in [0.717, 1.165) is 43.4 Å². The molecule has 4 rings (SSSR count). The number of benzene rings is 2. The van der Waals surface area contributed by atoms with Crippen LogP contribution in [0.25, 0.3) is 0 Å². The first-order valence-electron chi connectivity index (χ1n) is 12.8. The standard InChI is InChI=1S/C29H36Cl2FNO3/c1-17-6-7-19(15-33(17)18(2)21-10-22(30)12-23(31)11-21)16-35-27-14-26(32)25(13-24(27)20-8-9-20)28(34)36-29(3,4)5/h10-14,17-20H,6-9,15-16H2,1-5H3/t17-,18+,19-/m1/s1. The van der Waals surface area contributed by atoms with Crippen LogP contribution in [0.3, 0.4) is 0 Å². The monoisotopic (exact) mass is 535 g/mol. The van der Waals surface area contributed by atoms with E-state index in [2.05, 4.69) is 18.7 Å².